The average Bonchev–Trinajstić information content (AvgIpc) is 3.19. The first kappa shape index (κ1) is 18.2. The van der Waals surface area contributed by atoms with E-state index in [2.05, 4.69) is 31.6 Å². The fourth-order valence-electron chi connectivity index (χ4n) is 3.91. The standard InChI is InChI=1S/C20H24N2O4/c1-20(2,3)14-8-6-11(7-9-14)17(23)21-22-18(24)15-12-4-5-13(10-12)16(15)19(25)26/h4-9,12-13,15-16H,10H2,1-3H3,(H,21,23)(H,22,24)(H,25,26)/t12-,13-,15-,16-/m0/s1. The Hall–Kier alpha value is -2.63. The number of allylic oxidation sites excluding steroid dienone is 2. The van der Waals surface area contributed by atoms with Crippen LogP contribution in [-0.2, 0) is 15.0 Å². The fourth-order valence-corrected chi connectivity index (χ4v) is 3.91. The summed E-state index contributed by atoms with van der Waals surface area (Å²) in [5.41, 5.74) is 6.33. The highest BCUT2D eigenvalue weighted by molar-refractivity contribution is 5.96. The third-order valence-corrected chi connectivity index (χ3v) is 5.36. The molecule has 1 saturated carbocycles. The zero-order valence-corrected chi connectivity index (χ0v) is 15.2. The lowest BCUT2D eigenvalue weighted by molar-refractivity contribution is -0.148. The number of hydrogen-bond donors (Lipinski definition) is 3. The van der Waals surface area contributed by atoms with E-state index in [4.69, 9.17) is 0 Å². The molecule has 3 N–H and O–H groups in total. The number of rotatable bonds is 3. The molecular formula is C20H24N2O4. The van der Waals surface area contributed by atoms with Crippen molar-refractivity contribution in [3.05, 3.63) is 47.5 Å². The zero-order chi connectivity index (χ0) is 19.1. The van der Waals surface area contributed by atoms with Gasteiger partial charge in [-0.15, -0.1) is 0 Å². The van der Waals surface area contributed by atoms with E-state index in [1.54, 1.807) is 12.1 Å². The molecule has 2 aliphatic carbocycles. The summed E-state index contributed by atoms with van der Waals surface area (Å²) in [5.74, 6) is -3.40. The molecule has 2 aliphatic rings. The summed E-state index contributed by atoms with van der Waals surface area (Å²) in [6, 6.07) is 7.20. The van der Waals surface area contributed by atoms with Gasteiger partial charge in [-0.25, -0.2) is 0 Å². The molecular weight excluding hydrogens is 332 g/mol. The van der Waals surface area contributed by atoms with Crippen LogP contribution in [0.1, 0.15) is 43.1 Å². The predicted molar refractivity (Wildman–Crippen MR) is 96.1 cm³/mol. The van der Waals surface area contributed by atoms with Gasteiger partial charge in [0.2, 0.25) is 5.91 Å². The van der Waals surface area contributed by atoms with E-state index < -0.39 is 29.6 Å². The first-order valence-electron chi connectivity index (χ1n) is 8.80. The van der Waals surface area contributed by atoms with Crippen LogP contribution in [0, 0.1) is 23.7 Å². The largest absolute Gasteiger partial charge is 0.481 e. The Morgan fingerprint density at radius 3 is 2.08 bits per heavy atom. The molecule has 0 saturated heterocycles. The molecule has 2 bridgehead atoms. The number of carbonyl (C=O) groups is 3. The van der Waals surface area contributed by atoms with E-state index in [1.165, 1.54) is 0 Å². The maximum Gasteiger partial charge on any atom is 0.307 e. The molecule has 26 heavy (non-hydrogen) atoms. The molecule has 0 heterocycles. The van der Waals surface area contributed by atoms with Crippen molar-refractivity contribution in [3.8, 4) is 0 Å². The van der Waals surface area contributed by atoms with Crippen LogP contribution < -0.4 is 10.9 Å². The third kappa shape index (κ3) is 3.36. The maximum absolute atomic E-state index is 12.4. The van der Waals surface area contributed by atoms with Gasteiger partial charge in [0.1, 0.15) is 0 Å². The van der Waals surface area contributed by atoms with Crippen LogP contribution in [0.3, 0.4) is 0 Å². The van der Waals surface area contributed by atoms with Gasteiger partial charge in [-0.1, -0.05) is 45.1 Å². The molecule has 0 radical (unpaired) electrons. The number of carbonyl (C=O) groups excluding carboxylic acids is 2. The lowest BCUT2D eigenvalue weighted by Gasteiger charge is -2.24. The average molecular weight is 356 g/mol. The fraction of sp³-hybridized carbons (Fsp3) is 0.450. The minimum absolute atomic E-state index is 0.00955. The number of carboxylic acids is 1. The molecule has 6 nitrogen and oxygen atoms in total. The summed E-state index contributed by atoms with van der Waals surface area (Å²) in [6.45, 7) is 6.26. The van der Waals surface area contributed by atoms with E-state index >= 15 is 0 Å². The second kappa shape index (κ2) is 6.59. The van der Waals surface area contributed by atoms with Crippen LogP contribution in [0.25, 0.3) is 0 Å². The van der Waals surface area contributed by atoms with Gasteiger partial charge in [0, 0.05) is 5.56 Å². The number of carboxylic acid groups (broad SMARTS) is 1. The van der Waals surface area contributed by atoms with Crippen LogP contribution in [0.4, 0.5) is 0 Å². The number of hydrazine groups is 1. The Bertz CT molecular complexity index is 761. The molecule has 1 aromatic rings. The van der Waals surface area contributed by atoms with E-state index in [1.807, 2.05) is 24.3 Å². The van der Waals surface area contributed by atoms with Crippen molar-refractivity contribution in [2.24, 2.45) is 23.7 Å². The summed E-state index contributed by atoms with van der Waals surface area (Å²) in [6.07, 6.45) is 4.46. The maximum atomic E-state index is 12.4. The number of benzene rings is 1. The summed E-state index contributed by atoms with van der Waals surface area (Å²) >= 11 is 0. The number of nitrogens with one attached hydrogen (secondary N) is 2. The van der Waals surface area contributed by atoms with Gasteiger partial charge in [0.15, 0.2) is 0 Å². The number of aliphatic carboxylic acids is 1. The van der Waals surface area contributed by atoms with Gasteiger partial charge < -0.3 is 5.11 Å². The lowest BCUT2D eigenvalue weighted by Crippen LogP contribution is -2.48. The molecule has 138 valence electrons. The molecule has 0 aromatic heterocycles. The third-order valence-electron chi connectivity index (χ3n) is 5.36. The highest BCUT2D eigenvalue weighted by atomic mass is 16.4. The molecule has 4 atom stereocenters. The first-order chi connectivity index (χ1) is 12.2. The zero-order valence-electron chi connectivity index (χ0n) is 15.2. The van der Waals surface area contributed by atoms with E-state index in [0.29, 0.717) is 12.0 Å². The second-order valence-corrected chi connectivity index (χ2v) is 8.11. The first-order valence-corrected chi connectivity index (χ1v) is 8.80. The highest BCUT2D eigenvalue weighted by Gasteiger charge is 2.51. The van der Waals surface area contributed by atoms with Crippen LogP contribution in [0.5, 0.6) is 0 Å². The lowest BCUT2D eigenvalue weighted by atomic mass is 9.82. The molecule has 0 aliphatic heterocycles. The van der Waals surface area contributed by atoms with E-state index in [0.717, 1.165) is 5.56 Å². The molecule has 3 rings (SSSR count). The van der Waals surface area contributed by atoms with Crippen molar-refractivity contribution < 1.29 is 19.5 Å². The van der Waals surface area contributed by atoms with Gasteiger partial charge in [-0.2, -0.15) is 0 Å². The van der Waals surface area contributed by atoms with Crippen molar-refractivity contribution in [1.29, 1.82) is 0 Å². The van der Waals surface area contributed by atoms with E-state index in [9.17, 15) is 19.5 Å². The van der Waals surface area contributed by atoms with Gasteiger partial charge in [0.05, 0.1) is 11.8 Å². The summed E-state index contributed by atoms with van der Waals surface area (Å²) < 4.78 is 0. The minimum atomic E-state index is -0.967. The Kier molecular flexibility index (Phi) is 4.61. The second-order valence-electron chi connectivity index (χ2n) is 8.11. The molecule has 0 unspecified atom stereocenters. The van der Waals surface area contributed by atoms with Crippen molar-refractivity contribution in [2.75, 3.05) is 0 Å². The molecule has 1 fully saturated rings. The SMILES string of the molecule is CC(C)(C)c1ccc(C(=O)NNC(=O)[C@@H]2[C@@H](C(=O)O)[C@H]3C=C[C@H]2C3)cc1. The topological polar surface area (TPSA) is 95.5 Å². The van der Waals surface area contributed by atoms with Crippen LogP contribution in [0.15, 0.2) is 36.4 Å². The monoisotopic (exact) mass is 356 g/mol. The molecule has 1 aromatic carbocycles. The number of hydrogen-bond acceptors (Lipinski definition) is 3. The summed E-state index contributed by atoms with van der Waals surface area (Å²) in [7, 11) is 0. The minimum Gasteiger partial charge on any atom is -0.481 e. The summed E-state index contributed by atoms with van der Waals surface area (Å²) in [4.78, 5) is 36.2. The number of fused-ring (bicyclic) bond motifs is 2. The van der Waals surface area contributed by atoms with E-state index in [-0.39, 0.29) is 17.3 Å². The van der Waals surface area contributed by atoms with Gasteiger partial charge in [0.25, 0.3) is 5.91 Å². The molecule has 2 amide bonds. The smallest absolute Gasteiger partial charge is 0.307 e. The van der Waals surface area contributed by atoms with Crippen molar-refractivity contribution in [3.63, 3.8) is 0 Å². The normalized spacial score (nSPS) is 26.6. The molecule has 0 spiro atoms. The van der Waals surface area contributed by atoms with Crippen LogP contribution in [-0.4, -0.2) is 22.9 Å². The van der Waals surface area contributed by atoms with Crippen LogP contribution >= 0.6 is 0 Å². The number of amides is 2. The Balaban J connectivity index is 1.62. The quantitative estimate of drug-likeness (QED) is 0.572. The Labute approximate surface area is 152 Å². The summed E-state index contributed by atoms with van der Waals surface area (Å²) in [5, 5.41) is 9.40. The van der Waals surface area contributed by atoms with Crippen molar-refractivity contribution in [1.82, 2.24) is 10.9 Å². The molecule has 6 heteroatoms. The van der Waals surface area contributed by atoms with Gasteiger partial charge in [-0.05, 0) is 41.4 Å². The Morgan fingerprint density at radius 2 is 1.54 bits per heavy atom. The van der Waals surface area contributed by atoms with Crippen LogP contribution in [0.2, 0.25) is 0 Å². The Morgan fingerprint density at radius 1 is 0.962 bits per heavy atom. The van der Waals surface area contributed by atoms with Gasteiger partial charge >= 0.3 is 5.97 Å². The van der Waals surface area contributed by atoms with Crippen molar-refractivity contribution >= 4 is 17.8 Å². The van der Waals surface area contributed by atoms with Gasteiger partial charge in [-0.3, -0.25) is 25.2 Å². The predicted octanol–water partition coefficient (Wildman–Crippen LogP) is 2.27. The van der Waals surface area contributed by atoms with Crippen molar-refractivity contribution in [2.45, 2.75) is 32.6 Å². The highest BCUT2D eigenvalue weighted by Crippen LogP contribution is 2.48.